The number of aromatic nitrogens is 1. The predicted molar refractivity (Wildman–Crippen MR) is 132 cm³/mol. The predicted octanol–water partition coefficient (Wildman–Crippen LogP) is 4.92. The van der Waals surface area contributed by atoms with Crippen molar-refractivity contribution in [1.82, 2.24) is 9.88 Å². The van der Waals surface area contributed by atoms with Crippen molar-refractivity contribution in [3.8, 4) is 0 Å². The number of amides is 2. The van der Waals surface area contributed by atoms with E-state index in [9.17, 15) is 14.4 Å². The number of nitrogens with one attached hydrogen (secondary N) is 1. The van der Waals surface area contributed by atoms with Crippen LogP contribution in [0.1, 0.15) is 48.5 Å². The number of carboxylic acid groups (broad SMARTS) is 1. The fourth-order valence-corrected chi connectivity index (χ4v) is 10.4. The third-order valence-corrected chi connectivity index (χ3v) is 11.2. The van der Waals surface area contributed by atoms with E-state index in [2.05, 4.69) is 29.2 Å². The Morgan fingerprint density at radius 2 is 1.82 bits per heavy atom. The van der Waals surface area contributed by atoms with E-state index >= 15 is 0 Å². The third-order valence-electron chi connectivity index (χ3n) is 8.25. The molecular formula is C25H26N2O4S3. The van der Waals surface area contributed by atoms with E-state index in [1.54, 1.807) is 11.3 Å². The summed E-state index contributed by atoms with van der Waals surface area (Å²) in [4.78, 5) is 43.8. The average Bonchev–Trinajstić information content (AvgIpc) is 3.54. The summed E-state index contributed by atoms with van der Waals surface area (Å²) in [6, 6.07) is 10.5. The molecule has 2 saturated carbocycles. The first kappa shape index (κ1) is 22.5. The summed E-state index contributed by atoms with van der Waals surface area (Å²) in [5.41, 5.74) is 1.26. The van der Waals surface area contributed by atoms with Gasteiger partial charge < -0.3 is 10.1 Å². The molecule has 1 aromatic carbocycles. The lowest BCUT2D eigenvalue weighted by Gasteiger charge is -2.43. The number of H-pyrrole nitrogens is 1. The van der Waals surface area contributed by atoms with Gasteiger partial charge in [0, 0.05) is 29.0 Å². The number of nitrogens with zero attached hydrogens (tertiary/aromatic N) is 1. The van der Waals surface area contributed by atoms with Crippen LogP contribution in [0.4, 0.5) is 0 Å². The number of thiazole rings is 1. The van der Waals surface area contributed by atoms with Crippen LogP contribution in [0.15, 0.2) is 35.4 Å². The molecule has 178 valence electrons. The number of hydrogen-bond acceptors (Lipinski definition) is 6. The molecule has 2 N–H and O–H groups in total. The maximum Gasteiger partial charge on any atom is 0.303 e. The highest BCUT2D eigenvalue weighted by molar-refractivity contribution is 8.00. The van der Waals surface area contributed by atoms with Crippen LogP contribution in [0.5, 0.6) is 0 Å². The van der Waals surface area contributed by atoms with Crippen LogP contribution in [-0.4, -0.2) is 44.6 Å². The monoisotopic (exact) mass is 514 g/mol. The highest BCUT2D eigenvalue weighted by Gasteiger charge is 2.69. The number of likely N-dealkylation sites (tertiary alicyclic amines) is 1. The molecule has 9 heteroatoms. The quantitative estimate of drug-likeness (QED) is 0.310. The van der Waals surface area contributed by atoms with Crippen molar-refractivity contribution in [2.75, 3.05) is 6.54 Å². The number of fused-ring (bicyclic) bond motifs is 9. The molecule has 2 aliphatic carbocycles. The lowest BCUT2D eigenvalue weighted by molar-refractivity contribution is -0.141. The van der Waals surface area contributed by atoms with Crippen molar-refractivity contribution >= 4 is 53.1 Å². The number of carboxylic acids is 1. The van der Waals surface area contributed by atoms with Gasteiger partial charge in [0.05, 0.1) is 16.9 Å². The summed E-state index contributed by atoms with van der Waals surface area (Å²) >= 11 is 8.99. The molecule has 7 unspecified atom stereocenters. The Hall–Kier alpha value is -1.97. The summed E-state index contributed by atoms with van der Waals surface area (Å²) in [6.07, 6.45) is 3.03. The summed E-state index contributed by atoms with van der Waals surface area (Å²) in [5.74, 6) is -0.285. The summed E-state index contributed by atoms with van der Waals surface area (Å²) < 4.78 is 0.784. The Morgan fingerprint density at radius 1 is 1.09 bits per heavy atom. The number of benzene rings is 1. The van der Waals surface area contributed by atoms with Crippen LogP contribution < -0.4 is 0 Å². The maximum absolute atomic E-state index is 13.5. The summed E-state index contributed by atoms with van der Waals surface area (Å²) in [7, 11) is 0. The molecule has 4 aliphatic rings. The number of hydrogen-bond donors (Lipinski definition) is 2. The number of imide groups is 1. The van der Waals surface area contributed by atoms with Crippen molar-refractivity contribution in [1.29, 1.82) is 0 Å². The molecule has 34 heavy (non-hydrogen) atoms. The van der Waals surface area contributed by atoms with Crippen LogP contribution in [0.25, 0.3) is 0 Å². The van der Waals surface area contributed by atoms with Gasteiger partial charge in [-0.05, 0) is 54.8 Å². The number of carbonyl (C=O) groups excluding carboxylic acids is 2. The topological polar surface area (TPSA) is 90.5 Å². The van der Waals surface area contributed by atoms with Gasteiger partial charge in [0.1, 0.15) is 0 Å². The van der Waals surface area contributed by atoms with Crippen molar-refractivity contribution in [2.45, 2.75) is 48.3 Å². The lowest BCUT2D eigenvalue weighted by atomic mass is 9.68. The number of unbranched alkanes of at least 4 members (excludes halogenated alkanes) is 2. The fraction of sp³-hybridized carbons (Fsp3) is 0.520. The minimum absolute atomic E-state index is 0.0000918. The molecule has 6 rings (SSSR count). The largest absolute Gasteiger partial charge is 0.481 e. The molecule has 2 aliphatic heterocycles. The van der Waals surface area contributed by atoms with Gasteiger partial charge in [-0.2, -0.15) is 0 Å². The normalized spacial score (nSPS) is 33.2. The van der Waals surface area contributed by atoms with Gasteiger partial charge in [-0.1, -0.05) is 36.8 Å². The minimum Gasteiger partial charge on any atom is -0.481 e. The fourth-order valence-electron chi connectivity index (χ4n) is 7.06. The molecule has 0 spiro atoms. The van der Waals surface area contributed by atoms with Crippen molar-refractivity contribution in [3.63, 3.8) is 0 Å². The molecule has 7 atom stereocenters. The Bertz CT molecular complexity index is 1210. The van der Waals surface area contributed by atoms with E-state index in [4.69, 9.17) is 17.3 Å². The molecular weight excluding hydrogens is 488 g/mol. The average molecular weight is 515 g/mol. The number of thioether (sulfide) groups is 1. The van der Waals surface area contributed by atoms with E-state index in [1.165, 1.54) is 15.3 Å². The van der Waals surface area contributed by atoms with Crippen LogP contribution in [-0.2, 0) is 14.4 Å². The zero-order valence-electron chi connectivity index (χ0n) is 18.5. The molecule has 2 bridgehead atoms. The van der Waals surface area contributed by atoms with Gasteiger partial charge in [0.25, 0.3) is 0 Å². The second kappa shape index (κ2) is 8.60. The van der Waals surface area contributed by atoms with E-state index in [1.807, 2.05) is 17.8 Å². The van der Waals surface area contributed by atoms with Gasteiger partial charge in [-0.3, -0.25) is 19.3 Å². The molecule has 1 aromatic heterocycles. The summed E-state index contributed by atoms with van der Waals surface area (Å²) in [6.45, 7) is 0.411. The molecule has 0 radical (unpaired) electrons. The zero-order valence-corrected chi connectivity index (χ0v) is 21.0. The first-order valence-electron chi connectivity index (χ1n) is 12.0. The highest BCUT2D eigenvalue weighted by atomic mass is 32.2. The van der Waals surface area contributed by atoms with Crippen molar-refractivity contribution in [2.24, 2.45) is 29.6 Å². The van der Waals surface area contributed by atoms with Gasteiger partial charge in [0.2, 0.25) is 11.8 Å². The second-order valence-corrected chi connectivity index (χ2v) is 12.8. The first-order chi connectivity index (χ1) is 16.5. The Balaban J connectivity index is 1.28. The maximum atomic E-state index is 13.5. The lowest BCUT2D eigenvalue weighted by Crippen LogP contribution is -2.42. The number of carbonyl (C=O) groups is 3. The van der Waals surface area contributed by atoms with E-state index in [0.29, 0.717) is 37.0 Å². The standard InChI is InChI=1S/C25H26N2O4S3/c28-15(29)9-5-2-6-10-27-23(30)18-13-11-14(19(18)24(27)31)20-17(13)16(12-7-3-1-4-8-12)21-22(33-20)26-25(32)34-21/h1,3-4,7-8,13-14,16-20H,2,5-6,9-11H2,(H,26,32)(H,28,29). The van der Waals surface area contributed by atoms with Crippen LogP contribution in [0.2, 0.25) is 0 Å². The SMILES string of the molecule is O=C(O)CCCCCN1C(=O)C2C3CC(C2C1=O)C1C(c2ccccc2)c2sc(=S)[nH]c2SC31. The molecule has 1 saturated heterocycles. The molecule has 2 amide bonds. The van der Waals surface area contributed by atoms with Crippen LogP contribution in [0.3, 0.4) is 0 Å². The Morgan fingerprint density at radius 3 is 2.56 bits per heavy atom. The minimum atomic E-state index is -0.804. The molecule has 2 aromatic rings. The molecule has 3 fully saturated rings. The number of aliphatic carboxylic acids is 1. The smallest absolute Gasteiger partial charge is 0.303 e. The Labute approximate surface area is 211 Å². The second-order valence-electron chi connectivity index (χ2n) is 9.90. The molecule has 6 nitrogen and oxygen atoms in total. The van der Waals surface area contributed by atoms with Gasteiger partial charge in [0.15, 0.2) is 3.95 Å². The third kappa shape index (κ3) is 3.42. The van der Waals surface area contributed by atoms with Gasteiger partial charge in [-0.15, -0.1) is 23.1 Å². The van der Waals surface area contributed by atoms with Gasteiger partial charge in [-0.25, -0.2) is 0 Å². The zero-order chi connectivity index (χ0) is 23.6. The van der Waals surface area contributed by atoms with E-state index in [0.717, 1.165) is 15.4 Å². The molecule has 3 heterocycles. The van der Waals surface area contributed by atoms with Crippen LogP contribution >= 0.6 is 35.3 Å². The summed E-state index contributed by atoms with van der Waals surface area (Å²) in [5, 5.41) is 10.3. The Kier molecular flexibility index (Phi) is 5.69. The number of aromatic amines is 1. The van der Waals surface area contributed by atoms with E-state index in [-0.39, 0.29) is 47.8 Å². The van der Waals surface area contributed by atoms with Crippen molar-refractivity contribution < 1.29 is 19.5 Å². The van der Waals surface area contributed by atoms with E-state index < -0.39 is 5.97 Å². The van der Waals surface area contributed by atoms with Crippen molar-refractivity contribution in [3.05, 3.63) is 44.7 Å². The highest BCUT2D eigenvalue weighted by Crippen LogP contribution is 2.68. The number of rotatable bonds is 7. The van der Waals surface area contributed by atoms with Gasteiger partial charge >= 0.3 is 5.97 Å². The van der Waals surface area contributed by atoms with Crippen LogP contribution in [0, 0.1) is 33.5 Å². The first-order valence-corrected chi connectivity index (χ1v) is 14.1.